The molecule has 4 aromatic rings. The van der Waals surface area contributed by atoms with Crippen molar-refractivity contribution in [2.24, 2.45) is 0 Å². The van der Waals surface area contributed by atoms with Crippen LogP contribution in [0.1, 0.15) is 24.1 Å². The molecule has 0 amide bonds. The molecule has 2 atom stereocenters. The molecule has 170 valence electrons. The average Bonchev–Trinajstić information content (AvgIpc) is 3.50. The summed E-state index contributed by atoms with van der Waals surface area (Å²) in [7, 11) is 2.07. The van der Waals surface area contributed by atoms with E-state index in [1.54, 1.807) is 17.3 Å². The number of aromatic nitrogens is 5. The molecule has 2 saturated heterocycles. The number of H-pyrrole nitrogens is 1. The van der Waals surface area contributed by atoms with Crippen LogP contribution in [-0.2, 0) is 0 Å². The summed E-state index contributed by atoms with van der Waals surface area (Å²) in [6.07, 6.45) is 4.42. The molecule has 6 rings (SSSR count). The van der Waals surface area contributed by atoms with Crippen molar-refractivity contribution in [2.75, 3.05) is 31.6 Å². The Labute approximate surface area is 187 Å². The predicted octanol–water partition coefficient (Wildman–Crippen LogP) is 3.88. The van der Waals surface area contributed by atoms with Crippen molar-refractivity contribution in [2.45, 2.75) is 24.7 Å². The molecule has 0 aliphatic carbocycles. The zero-order valence-electron chi connectivity index (χ0n) is 17.9. The third-order valence-electron chi connectivity index (χ3n) is 6.59. The zero-order valence-corrected chi connectivity index (χ0v) is 17.9. The van der Waals surface area contributed by atoms with Crippen LogP contribution in [0, 0.1) is 11.6 Å². The van der Waals surface area contributed by atoms with Gasteiger partial charge in [0, 0.05) is 48.6 Å². The first kappa shape index (κ1) is 20.2. The molecule has 2 aliphatic heterocycles. The van der Waals surface area contributed by atoms with Crippen molar-refractivity contribution < 1.29 is 13.2 Å². The maximum Gasteiger partial charge on any atom is 0.160 e. The minimum Gasteiger partial charge on any atom is -0.344 e. The van der Waals surface area contributed by atoms with E-state index < -0.39 is 23.8 Å². The summed E-state index contributed by atoms with van der Waals surface area (Å²) < 4.78 is 44.8. The number of likely N-dealkylation sites (N-methyl/N-ethyl adjacent to an activating group) is 1. The third-order valence-corrected chi connectivity index (χ3v) is 6.59. The van der Waals surface area contributed by atoms with Crippen molar-refractivity contribution in [3.8, 4) is 11.1 Å². The van der Waals surface area contributed by atoms with E-state index in [2.05, 4.69) is 32.2 Å². The highest BCUT2D eigenvalue weighted by Gasteiger charge is 2.37. The molecule has 1 N–H and O–H groups in total. The third kappa shape index (κ3) is 3.45. The molecule has 0 saturated carbocycles. The Balaban J connectivity index is 1.37. The van der Waals surface area contributed by atoms with E-state index in [1.807, 2.05) is 16.9 Å². The van der Waals surface area contributed by atoms with Crippen LogP contribution in [0.3, 0.4) is 0 Å². The molecular weight excluding hydrogens is 431 g/mol. The zero-order chi connectivity index (χ0) is 22.7. The topological polar surface area (TPSA) is 65.9 Å². The second kappa shape index (κ2) is 7.58. The van der Waals surface area contributed by atoms with Crippen molar-refractivity contribution in [3.05, 3.63) is 60.1 Å². The summed E-state index contributed by atoms with van der Waals surface area (Å²) in [4.78, 5) is 8.40. The van der Waals surface area contributed by atoms with Crippen LogP contribution in [0.5, 0.6) is 0 Å². The van der Waals surface area contributed by atoms with Crippen LogP contribution in [0.2, 0.25) is 0 Å². The lowest BCUT2D eigenvalue weighted by Gasteiger charge is -2.36. The van der Waals surface area contributed by atoms with Crippen molar-refractivity contribution in [3.63, 3.8) is 0 Å². The Morgan fingerprint density at radius 3 is 2.73 bits per heavy atom. The Kier molecular flexibility index (Phi) is 4.65. The van der Waals surface area contributed by atoms with Crippen LogP contribution < -0.4 is 4.90 Å². The fraction of sp³-hybridized carbons (Fsp3) is 0.348. The van der Waals surface area contributed by atoms with Crippen molar-refractivity contribution in [1.82, 2.24) is 29.9 Å². The van der Waals surface area contributed by atoms with Gasteiger partial charge in [-0.15, -0.1) is 0 Å². The minimum absolute atomic E-state index is 0.0396. The molecular formula is C23H22F3N7. The van der Waals surface area contributed by atoms with Crippen LogP contribution in [0.4, 0.5) is 19.0 Å². The van der Waals surface area contributed by atoms with Gasteiger partial charge in [0.2, 0.25) is 0 Å². The van der Waals surface area contributed by atoms with E-state index in [0.29, 0.717) is 22.9 Å². The lowest BCUT2D eigenvalue weighted by molar-refractivity contribution is 0.130. The largest absolute Gasteiger partial charge is 0.344 e. The minimum atomic E-state index is -1.18. The SMILES string of the molecule is CN1CC(n2cc(-c3cnc4[nH]nc(N5C[C@@H](F)CC5c5cc(F)ccc5F)c4c3)cn2)C1. The molecule has 5 heterocycles. The van der Waals surface area contributed by atoms with E-state index in [4.69, 9.17) is 0 Å². The van der Waals surface area contributed by atoms with E-state index >= 15 is 0 Å². The van der Waals surface area contributed by atoms with Gasteiger partial charge in [0.1, 0.15) is 17.8 Å². The fourth-order valence-corrected chi connectivity index (χ4v) is 4.87. The predicted molar refractivity (Wildman–Crippen MR) is 118 cm³/mol. The summed E-state index contributed by atoms with van der Waals surface area (Å²) in [5.74, 6) is -0.645. The number of aromatic amines is 1. The Bertz CT molecular complexity index is 1330. The van der Waals surface area contributed by atoms with E-state index in [9.17, 15) is 13.2 Å². The van der Waals surface area contributed by atoms with Crippen molar-refractivity contribution >= 4 is 16.9 Å². The van der Waals surface area contributed by atoms with Crippen LogP contribution >= 0.6 is 0 Å². The van der Waals surface area contributed by atoms with Gasteiger partial charge in [-0.3, -0.25) is 9.78 Å². The molecule has 0 spiro atoms. The van der Waals surface area contributed by atoms with Gasteiger partial charge in [0.05, 0.1) is 30.2 Å². The standard InChI is InChI=1S/C23H22F3N7/c1-31-11-17(12-31)33-9-14(8-28-33)13-4-19-22(27-7-13)29-30-23(19)32-10-16(25)6-21(32)18-5-15(24)2-3-20(18)26/h2-5,7-9,16-17,21H,6,10-12H2,1H3,(H,27,29,30)/t16-,21?/m0/s1. The van der Waals surface area contributed by atoms with Gasteiger partial charge in [-0.2, -0.15) is 10.2 Å². The monoisotopic (exact) mass is 453 g/mol. The number of benzene rings is 1. The summed E-state index contributed by atoms with van der Waals surface area (Å²) in [5.41, 5.74) is 2.45. The first-order valence-electron chi connectivity index (χ1n) is 10.9. The van der Waals surface area contributed by atoms with Gasteiger partial charge in [-0.25, -0.2) is 18.2 Å². The number of nitrogens with zero attached hydrogens (tertiary/aromatic N) is 6. The first-order valence-corrected chi connectivity index (χ1v) is 10.9. The summed E-state index contributed by atoms with van der Waals surface area (Å²) >= 11 is 0. The smallest absolute Gasteiger partial charge is 0.160 e. The molecule has 7 nitrogen and oxygen atoms in total. The molecule has 3 aromatic heterocycles. The molecule has 0 bridgehead atoms. The highest BCUT2D eigenvalue weighted by Crippen LogP contribution is 2.40. The van der Waals surface area contributed by atoms with E-state index in [1.165, 1.54) is 0 Å². The number of nitrogens with one attached hydrogen (secondary N) is 1. The second-order valence-corrected chi connectivity index (χ2v) is 8.92. The average molecular weight is 453 g/mol. The number of anilines is 1. The first-order chi connectivity index (χ1) is 16.0. The molecule has 2 fully saturated rings. The van der Waals surface area contributed by atoms with E-state index in [-0.39, 0.29) is 18.5 Å². The van der Waals surface area contributed by atoms with E-state index in [0.717, 1.165) is 42.4 Å². The van der Waals surface area contributed by atoms with Gasteiger partial charge in [-0.05, 0) is 31.3 Å². The Morgan fingerprint density at radius 1 is 1.06 bits per heavy atom. The number of likely N-dealkylation sites (tertiary alicyclic amines) is 1. The lowest BCUT2D eigenvalue weighted by atomic mass is 10.0. The van der Waals surface area contributed by atoms with Crippen LogP contribution in [0.25, 0.3) is 22.2 Å². The van der Waals surface area contributed by atoms with Crippen LogP contribution in [-0.4, -0.2) is 62.7 Å². The molecule has 1 unspecified atom stereocenters. The summed E-state index contributed by atoms with van der Waals surface area (Å²) in [6.45, 7) is 1.96. The molecule has 0 radical (unpaired) electrons. The van der Waals surface area contributed by atoms with Gasteiger partial charge >= 0.3 is 0 Å². The highest BCUT2D eigenvalue weighted by molar-refractivity contribution is 5.91. The quantitative estimate of drug-likeness (QED) is 0.508. The second-order valence-electron chi connectivity index (χ2n) is 8.92. The Hall–Kier alpha value is -3.40. The number of pyridine rings is 1. The molecule has 33 heavy (non-hydrogen) atoms. The number of fused-ring (bicyclic) bond motifs is 1. The van der Waals surface area contributed by atoms with Gasteiger partial charge in [0.25, 0.3) is 0 Å². The van der Waals surface area contributed by atoms with Crippen molar-refractivity contribution in [1.29, 1.82) is 0 Å². The van der Waals surface area contributed by atoms with Gasteiger partial charge in [-0.1, -0.05) is 0 Å². The summed E-state index contributed by atoms with van der Waals surface area (Å²) in [6, 6.07) is 4.90. The normalized spacial score (nSPS) is 21.8. The number of halogens is 3. The van der Waals surface area contributed by atoms with Gasteiger partial charge in [0.15, 0.2) is 11.5 Å². The molecule has 10 heteroatoms. The highest BCUT2D eigenvalue weighted by atomic mass is 19.1. The number of hydrogen-bond acceptors (Lipinski definition) is 5. The van der Waals surface area contributed by atoms with Crippen LogP contribution in [0.15, 0.2) is 42.9 Å². The summed E-state index contributed by atoms with van der Waals surface area (Å²) in [5, 5.41) is 12.4. The number of rotatable bonds is 4. The fourth-order valence-electron chi connectivity index (χ4n) is 4.87. The maximum absolute atomic E-state index is 14.5. The number of hydrogen-bond donors (Lipinski definition) is 1. The number of alkyl halides is 1. The Morgan fingerprint density at radius 2 is 1.91 bits per heavy atom. The maximum atomic E-state index is 14.5. The lowest BCUT2D eigenvalue weighted by Crippen LogP contribution is -2.45. The van der Waals surface area contributed by atoms with Gasteiger partial charge < -0.3 is 9.80 Å². The molecule has 2 aliphatic rings. The molecule has 1 aromatic carbocycles.